The number of carbonyl (C=O) groups excluding carboxylic acids is 1. The van der Waals surface area contributed by atoms with Crippen LogP contribution in [0.15, 0.2) is 55.6 Å². The molecule has 1 aromatic carbocycles. The maximum absolute atomic E-state index is 12.1. The predicted octanol–water partition coefficient (Wildman–Crippen LogP) is 3.72. The number of ether oxygens (including phenoxy) is 1. The van der Waals surface area contributed by atoms with Gasteiger partial charge in [0.05, 0.1) is 18.1 Å². The highest BCUT2D eigenvalue weighted by Crippen LogP contribution is 2.28. The van der Waals surface area contributed by atoms with E-state index in [9.17, 15) is 4.79 Å². The van der Waals surface area contributed by atoms with Crippen molar-refractivity contribution < 1.29 is 9.53 Å². The third-order valence-corrected chi connectivity index (χ3v) is 3.81. The molecule has 1 aliphatic rings. The van der Waals surface area contributed by atoms with Crippen LogP contribution in [0, 0.1) is 5.92 Å². The molecule has 0 saturated carbocycles. The van der Waals surface area contributed by atoms with E-state index < -0.39 is 0 Å². The van der Waals surface area contributed by atoms with Crippen molar-refractivity contribution in [3.63, 3.8) is 0 Å². The van der Waals surface area contributed by atoms with Crippen molar-refractivity contribution in [2.24, 2.45) is 5.92 Å². The first-order chi connectivity index (χ1) is 9.74. The fourth-order valence-electron chi connectivity index (χ4n) is 2.76. The van der Waals surface area contributed by atoms with Crippen molar-refractivity contribution in [2.75, 3.05) is 0 Å². The Hall–Kier alpha value is -1.67. The first-order valence-corrected chi connectivity index (χ1v) is 7.20. The van der Waals surface area contributed by atoms with E-state index in [1.54, 1.807) is 6.08 Å². The molecule has 0 N–H and O–H groups in total. The fourth-order valence-corrected chi connectivity index (χ4v) is 2.76. The van der Waals surface area contributed by atoms with Crippen molar-refractivity contribution in [2.45, 2.75) is 37.9 Å². The molecule has 0 radical (unpaired) electrons. The van der Waals surface area contributed by atoms with Gasteiger partial charge in [-0.1, -0.05) is 42.5 Å². The van der Waals surface area contributed by atoms with Crippen LogP contribution in [0.25, 0.3) is 0 Å². The lowest BCUT2D eigenvalue weighted by atomic mass is 9.86. The van der Waals surface area contributed by atoms with Gasteiger partial charge in [-0.2, -0.15) is 0 Å². The van der Waals surface area contributed by atoms with E-state index in [4.69, 9.17) is 4.74 Å². The Balaban J connectivity index is 2.00. The molecule has 106 valence electrons. The number of ketones is 1. The lowest BCUT2D eigenvalue weighted by molar-refractivity contribution is -0.142. The zero-order chi connectivity index (χ0) is 14.4. The van der Waals surface area contributed by atoms with E-state index in [-0.39, 0.29) is 23.9 Å². The highest BCUT2D eigenvalue weighted by molar-refractivity contribution is 5.84. The second-order valence-electron chi connectivity index (χ2n) is 5.28. The zero-order valence-electron chi connectivity index (χ0n) is 11.8. The lowest BCUT2D eigenvalue weighted by Gasteiger charge is -2.34. The minimum atomic E-state index is -0.167. The van der Waals surface area contributed by atoms with E-state index in [2.05, 4.69) is 25.3 Å². The zero-order valence-corrected chi connectivity index (χ0v) is 11.8. The van der Waals surface area contributed by atoms with Crippen molar-refractivity contribution in [1.29, 1.82) is 0 Å². The van der Waals surface area contributed by atoms with Gasteiger partial charge in [0, 0.05) is 6.42 Å². The van der Waals surface area contributed by atoms with Gasteiger partial charge in [0.1, 0.15) is 5.78 Å². The van der Waals surface area contributed by atoms with Gasteiger partial charge in [0.2, 0.25) is 0 Å². The van der Waals surface area contributed by atoms with Crippen LogP contribution in [0.5, 0.6) is 0 Å². The molecule has 1 heterocycles. The topological polar surface area (TPSA) is 26.3 Å². The minimum Gasteiger partial charge on any atom is -0.373 e. The van der Waals surface area contributed by atoms with E-state index >= 15 is 0 Å². The van der Waals surface area contributed by atoms with Gasteiger partial charge in [-0.3, -0.25) is 4.79 Å². The van der Waals surface area contributed by atoms with Crippen LogP contribution < -0.4 is 0 Å². The first-order valence-electron chi connectivity index (χ1n) is 7.20. The van der Waals surface area contributed by atoms with Gasteiger partial charge in [-0.05, 0) is 24.8 Å². The second-order valence-corrected chi connectivity index (χ2v) is 5.28. The summed E-state index contributed by atoms with van der Waals surface area (Å²) in [5.41, 5.74) is 1.28. The Morgan fingerprint density at radius 1 is 1.25 bits per heavy atom. The minimum absolute atomic E-state index is 0.0167. The van der Waals surface area contributed by atoms with E-state index in [1.807, 2.05) is 24.3 Å². The molecule has 0 aliphatic carbocycles. The van der Waals surface area contributed by atoms with Crippen LogP contribution in [-0.4, -0.2) is 18.0 Å². The van der Waals surface area contributed by atoms with Crippen LogP contribution in [0.2, 0.25) is 0 Å². The van der Waals surface area contributed by atoms with Gasteiger partial charge < -0.3 is 4.74 Å². The molecule has 2 rings (SSSR count). The van der Waals surface area contributed by atoms with Gasteiger partial charge >= 0.3 is 0 Å². The van der Waals surface area contributed by atoms with Gasteiger partial charge in [-0.25, -0.2) is 0 Å². The average Bonchev–Trinajstić information content (AvgIpc) is 2.46. The van der Waals surface area contributed by atoms with E-state index in [0.717, 1.165) is 19.3 Å². The highest BCUT2D eigenvalue weighted by atomic mass is 16.5. The molecule has 1 aliphatic heterocycles. The highest BCUT2D eigenvalue weighted by Gasteiger charge is 2.34. The summed E-state index contributed by atoms with van der Waals surface area (Å²) in [7, 11) is 0. The summed E-state index contributed by atoms with van der Waals surface area (Å²) in [6.45, 7) is 7.52. The summed E-state index contributed by atoms with van der Waals surface area (Å²) in [5, 5.41) is 0. The van der Waals surface area contributed by atoms with Crippen molar-refractivity contribution >= 4 is 5.78 Å². The fraction of sp³-hybridized carbons (Fsp3) is 0.389. The number of hydrogen-bond donors (Lipinski definition) is 0. The normalized spacial score (nSPS) is 26.2. The van der Waals surface area contributed by atoms with Crippen LogP contribution in [0.3, 0.4) is 0 Å². The summed E-state index contributed by atoms with van der Waals surface area (Å²) < 4.78 is 6.06. The smallest absolute Gasteiger partial charge is 0.144 e. The summed E-state index contributed by atoms with van der Waals surface area (Å²) in [4.78, 5) is 12.1. The number of Topliss-reactive ketones (excluding diaryl/α,β-unsaturated/α-hetero) is 1. The molecule has 20 heavy (non-hydrogen) atoms. The maximum Gasteiger partial charge on any atom is 0.144 e. The molecule has 3 atom stereocenters. The molecule has 0 bridgehead atoms. The molecule has 0 spiro atoms. The quantitative estimate of drug-likeness (QED) is 0.736. The Morgan fingerprint density at radius 3 is 2.65 bits per heavy atom. The summed E-state index contributed by atoms with van der Waals surface area (Å²) >= 11 is 0. The molecule has 2 heteroatoms. The molecule has 1 fully saturated rings. The number of aryl methyl sites for hydroxylation is 1. The molecular formula is C18H22O2. The third-order valence-electron chi connectivity index (χ3n) is 3.81. The molecule has 1 aromatic rings. The van der Waals surface area contributed by atoms with Crippen LogP contribution in [-0.2, 0) is 16.0 Å². The molecular weight excluding hydrogens is 248 g/mol. The number of rotatable bonds is 6. The lowest BCUT2D eigenvalue weighted by Crippen LogP contribution is -2.40. The molecule has 1 saturated heterocycles. The third kappa shape index (κ3) is 3.67. The Kier molecular flexibility index (Phi) is 5.31. The standard InChI is InChI=1S/C18H22O2/c1-3-8-15-13-17(19)16(4-2)18(20-15)12-11-14-9-6-5-7-10-14/h3-7,9-10,15-16,18H,1-2,8,11-13H2/t15-,16-,18+/m0/s1. The van der Waals surface area contributed by atoms with Gasteiger partial charge in [-0.15, -0.1) is 13.2 Å². The summed E-state index contributed by atoms with van der Waals surface area (Å²) in [6, 6.07) is 10.3. The number of hydrogen-bond acceptors (Lipinski definition) is 2. The van der Waals surface area contributed by atoms with E-state index in [1.165, 1.54) is 5.56 Å². The second kappa shape index (κ2) is 7.20. The predicted molar refractivity (Wildman–Crippen MR) is 81.5 cm³/mol. The van der Waals surface area contributed by atoms with Crippen LogP contribution in [0.1, 0.15) is 24.8 Å². The maximum atomic E-state index is 12.1. The van der Waals surface area contributed by atoms with Crippen molar-refractivity contribution in [3.05, 3.63) is 61.2 Å². The largest absolute Gasteiger partial charge is 0.373 e. The first kappa shape index (κ1) is 14.7. The monoisotopic (exact) mass is 270 g/mol. The SMILES string of the molecule is C=CC[C@H]1CC(=O)[C@H](C=C)[C@@H](CCc2ccccc2)O1. The Bertz CT molecular complexity index is 464. The Labute approximate surface area is 121 Å². The number of benzene rings is 1. The van der Waals surface area contributed by atoms with Crippen LogP contribution >= 0.6 is 0 Å². The van der Waals surface area contributed by atoms with Crippen LogP contribution in [0.4, 0.5) is 0 Å². The van der Waals surface area contributed by atoms with Gasteiger partial charge in [0.25, 0.3) is 0 Å². The number of carbonyl (C=O) groups is 1. The van der Waals surface area contributed by atoms with Crippen molar-refractivity contribution in [3.8, 4) is 0 Å². The van der Waals surface area contributed by atoms with Gasteiger partial charge in [0.15, 0.2) is 0 Å². The molecule has 0 aromatic heterocycles. The van der Waals surface area contributed by atoms with Crippen molar-refractivity contribution in [1.82, 2.24) is 0 Å². The molecule has 2 nitrogen and oxygen atoms in total. The summed E-state index contributed by atoms with van der Waals surface area (Å²) in [6.07, 6.45) is 6.46. The average molecular weight is 270 g/mol. The summed E-state index contributed by atoms with van der Waals surface area (Å²) in [5.74, 6) is 0.0796. The Morgan fingerprint density at radius 2 is 2.00 bits per heavy atom. The van der Waals surface area contributed by atoms with E-state index in [0.29, 0.717) is 6.42 Å². The molecule has 0 amide bonds. The molecule has 0 unspecified atom stereocenters.